The van der Waals surface area contributed by atoms with Gasteiger partial charge in [0.15, 0.2) is 14.6 Å². The van der Waals surface area contributed by atoms with Crippen LogP contribution in [0.4, 0.5) is 0 Å². The first-order valence-corrected chi connectivity index (χ1v) is 11.7. The van der Waals surface area contributed by atoms with Gasteiger partial charge in [0, 0.05) is 30.5 Å². The van der Waals surface area contributed by atoms with E-state index in [0.717, 1.165) is 30.2 Å². The molecule has 1 aromatic rings. The van der Waals surface area contributed by atoms with Gasteiger partial charge < -0.3 is 10.2 Å². The monoisotopic (exact) mass is 443 g/mol. The molecule has 1 fully saturated rings. The van der Waals surface area contributed by atoms with E-state index in [-0.39, 0.29) is 24.4 Å². The van der Waals surface area contributed by atoms with Crippen molar-refractivity contribution in [2.75, 3.05) is 19.8 Å². The van der Waals surface area contributed by atoms with Crippen molar-refractivity contribution < 1.29 is 23.2 Å². The third-order valence-corrected chi connectivity index (χ3v) is 8.07. The lowest BCUT2D eigenvalue weighted by molar-refractivity contribution is -0.131. The number of sulfone groups is 1. The van der Waals surface area contributed by atoms with Crippen LogP contribution < -0.4 is 10.8 Å². The van der Waals surface area contributed by atoms with Crippen molar-refractivity contribution in [3.8, 4) is 23.7 Å². The van der Waals surface area contributed by atoms with Gasteiger partial charge in [0.25, 0.3) is 11.8 Å². The lowest BCUT2D eigenvalue weighted by Crippen LogP contribution is -2.50. The van der Waals surface area contributed by atoms with Gasteiger partial charge >= 0.3 is 0 Å². The Bertz CT molecular complexity index is 1150. The van der Waals surface area contributed by atoms with Crippen LogP contribution in [0, 0.1) is 23.7 Å². The molecule has 1 atom stereocenters. The Morgan fingerprint density at radius 1 is 1.32 bits per heavy atom. The maximum absolute atomic E-state index is 12.7. The van der Waals surface area contributed by atoms with Crippen LogP contribution in [0.3, 0.4) is 0 Å². The molecule has 1 aromatic carbocycles. The van der Waals surface area contributed by atoms with Crippen molar-refractivity contribution in [1.29, 1.82) is 0 Å². The summed E-state index contributed by atoms with van der Waals surface area (Å²) >= 11 is 0. The summed E-state index contributed by atoms with van der Waals surface area (Å²) in [4.78, 5) is 26.1. The van der Waals surface area contributed by atoms with Gasteiger partial charge in [-0.05, 0) is 68.8 Å². The summed E-state index contributed by atoms with van der Waals surface area (Å²) in [6.45, 7) is 1.57. The van der Waals surface area contributed by atoms with Crippen molar-refractivity contribution >= 4 is 21.7 Å². The van der Waals surface area contributed by atoms with Crippen LogP contribution in [0.1, 0.15) is 47.7 Å². The molecule has 3 N–H and O–H groups in total. The Morgan fingerprint density at radius 2 is 2.03 bits per heavy atom. The van der Waals surface area contributed by atoms with Crippen LogP contribution in [0.2, 0.25) is 0 Å². The lowest BCUT2D eigenvalue weighted by atomic mass is 10.1. The second-order valence-electron chi connectivity index (χ2n) is 8.12. The van der Waals surface area contributed by atoms with Gasteiger partial charge in [-0.2, -0.15) is 0 Å². The average Bonchev–Trinajstić information content (AvgIpc) is 3.45. The fourth-order valence-corrected chi connectivity index (χ4v) is 4.23. The lowest BCUT2D eigenvalue weighted by Gasteiger charge is -2.27. The first kappa shape index (κ1) is 22.8. The third kappa shape index (κ3) is 4.59. The van der Waals surface area contributed by atoms with Gasteiger partial charge in [-0.3, -0.25) is 14.8 Å². The second-order valence-corrected chi connectivity index (χ2v) is 10.6. The number of amides is 2. The predicted octanol–water partition coefficient (Wildman–Crippen LogP) is 0.448. The van der Waals surface area contributed by atoms with E-state index >= 15 is 0 Å². The normalized spacial score (nSPS) is 18.1. The van der Waals surface area contributed by atoms with E-state index in [0.29, 0.717) is 12.1 Å². The quantitative estimate of drug-likeness (QED) is 0.334. The highest BCUT2D eigenvalue weighted by molar-refractivity contribution is 7.92. The van der Waals surface area contributed by atoms with Crippen LogP contribution >= 0.6 is 0 Å². The van der Waals surface area contributed by atoms with E-state index in [9.17, 15) is 18.0 Å². The Hall–Kier alpha value is -2.85. The molecule has 9 heteroatoms. The zero-order valence-electron chi connectivity index (χ0n) is 17.7. The first-order valence-electron chi connectivity index (χ1n) is 9.84. The van der Waals surface area contributed by atoms with E-state index in [2.05, 4.69) is 29.0 Å². The minimum Gasteiger partial charge on any atom is -0.334 e. The van der Waals surface area contributed by atoms with Crippen LogP contribution in [0.15, 0.2) is 18.2 Å². The van der Waals surface area contributed by atoms with E-state index in [1.165, 1.54) is 17.3 Å². The number of nitrogens with one attached hydrogen (secondary N) is 2. The second kappa shape index (κ2) is 8.35. The van der Waals surface area contributed by atoms with E-state index < -0.39 is 20.5 Å². The number of benzene rings is 1. The van der Waals surface area contributed by atoms with Gasteiger partial charge in [0.05, 0.1) is 5.54 Å². The molecular weight excluding hydrogens is 418 g/mol. The zero-order chi connectivity index (χ0) is 22.9. The minimum atomic E-state index is -3.83. The molecule has 0 radical (unpaired) electrons. The van der Waals surface area contributed by atoms with Gasteiger partial charge in [-0.15, -0.1) is 0 Å². The highest BCUT2D eigenvalue weighted by Gasteiger charge is 2.44. The molecule has 3 rings (SSSR count). The number of hydroxylamine groups is 1. The van der Waals surface area contributed by atoms with Crippen molar-refractivity contribution in [2.24, 2.45) is 0 Å². The number of nitrogens with zero attached hydrogens (tertiary/aromatic N) is 1. The van der Waals surface area contributed by atoms with E-state index in [4.69, 9.17) is 5.21 Å². The number of rotatable bonds is 6. The van der Waals surface area contributed by atoms with Crippen molar-refractivity contribution in [2.45, 2.75) is 43.0 Å². The molecule has 164 valence electrons. The summed E-state index contributed by atoms with van der Waals surface area (Å²) < 4.78 is 22.4. The summed E-state index contributed by atoms with van der Waals surface area (Å²) in [7, 11) is -1.94. The Labute approximate surface area is 182 Å². The molecular formula is C22H25N3O5S. The number of carbonyl (C=O) groups is 2. The fourth-order valence-electron chi connectivity index (χ4n) is 3.39. The number of carbonyl (C=O) groups excluding carboxylic acids is 2. The molecule has 1 aliphatic carbocycles. The molecule has 0 aromatic heterocycles. The molecule has 1 aliphatic heterocycles. The molecule has 1 saturated carbocycles. The SMILES string of the molecule is CNC1(C#CC#Cc2ccc3c(c2)CN(CC[C@](C)(C(=O)NO)S(C)(=O)=O)C3=O)CC1. The van der Waals surface area contributed by atoms with Gasteiger partial charge in [0.2, 0.25) is 0 Å². The topological polar surface area (TPSA) is 116 Å². The Balaban J connectivity index is 1.71. The molecule has 1 heterocycles. The molecule has 0 bridgehead atoms. The summed E-state index contributed by atoms with van der Waals surface area (Å²) in [5.41, 5.74) is 3.36. The van der Waals surface area contributed by atoms with Crippen molar-refractivity contribution in [3.05, 3.63) is 34.9 Å². The summed E-state index contributed by atoms with van der Waals surface area (Å²) in [5, 5.41) is 12.1. The largest absolute Gasteiger partial charge is 0.334 e. The summed E-state index contributed by atoms with van der Waals surface area (Å²) in [5.74, 6) is 10.6. The summed E-state index contributed by atoms with van der Waals surface area (Å²) in [6, 6.07) is 5.27. The fraction of sp³-hybridized carbons (Fsp3) is 0.455. The molecule has 0 spiro atoms. The number of fused-ring (bicyclic) bond motifs is 1. The van der Waals surface area contributed by atoms with E-state index in [1.54, 1.807) is 12.1 Å². The van der Waals surface area contributed by atoms with Gasteiger partial charge in [0.1, 0.15) is 0 Å². The smallest absolute Gasteiger partial charge is 0.264 e. The molecule has 2 aliphatic rings. The van der Waals surface area contributed by atoms with Crippen molar-refractivity contribution in [3.63, 3.8) is 0 Å². The van der Waals surface area contributed by atoms with E-state index in [1.807, 2.05) is 13.1 Å². The molecule has 31 heavy (non-hydrogen) atoms. The molecule has 0 unspecified atom stereocenters. The maximum atomic E-state index is 12.7. The van der Waals surface area contributed by atoms with Crippen LogP contribution in [0.25, 0.3) is 0 Å². The predicted molar refractivity (Wildman–Crippen MR) is 115 cm³/mol. The van der Waals surface area contributed by atoms with Gasteiger partial charge in [-0.25, -0.2) is 13.9 Å². The minimum absolute atomic E-state index is 0.0447. The first-order chi connectivity index (χ1) is 14.5. The van der Waals surface area contributed by atoms with Crippen LogP contribution in [-0.2, 0) is 21.2 Å². The van der Waals surface area contributed by atoms with Crippen LogP contribution in [-0.4, -0.2) is 60.5 Å². The number of hydrogen-bond donors (Lipinski definition) is 3. The highest BCUT2D eigenvalue weighted by atomic mass is 32.2. The van der Waals surface area contributed by atoms with Gasteiger partial charge in [-0.1, -0.05) is 11.8 Å². The zero-order valence-corrected chi connectivity index (χ0v) is 18.5. The molecule has 0 saturated heterocycles. The third-order valence-electron chi connectivity index (χ3n) is 6.04. The summed E-state index contributed by atoms with van der Waals surface area (Å²) in [6.07, 6.45) is 2.83. The van der Waals surface area contributed by atoms with Crippen molar-refractivity contribution in [1.82, 2.24) is 15.7 Å². The maximum Gasteiger partial charge on any atom is 0.264 e. The Kier molecular flexibility index (Phi) is 6.15. The molecule has 8 nitrogen and oxygen atoms in total. The average molecular weight is 444 g/mol. The standard InChI is InChI=1S/C22H25N3O5S/c1-21(20(27)24-28,31(3,29)30)12-13-25-15-17-14-16(7-8-18(17)19(25)26)6-4-5-9-22(23-2)10-11-22/h7-8,14,23,28H,10-13,15H2,1-3H3,(H,24,27)/t21-/m1/s1. The molecule has 2 amide bonds. The Morgan fingerprint density at radius 3 is 2.61 bits per heavy atom. The van der Waals surface area contributed by atoms with Crippen LogP contribution in [0.5, 0.6) is 0 Å². The number of hydrogen-bond acceptors (Lipinski definition) is 6. The highest BCUT2D eigenvalue weighted by Crippen LogP contribution is 2.33.